The van der Waals surface area contributed by atoms with Crippen LogP contribution in [0.25, 0.3) is 11.0 Å². The van der Waals surface area contributed by atoms with Gasteiger partial charge < -0.3 is 9.88 Å². The van der Waals surface area contributed by atoms with Gasteiger partial charge in [-0.25, -0.2) is 4.98 Å². The Morgan fingerprint density at radius 1 is 1.14 bits per heavy atom. The number of anilines is 2. The Balaban J connectivity index is 1.95. The van der Waals surface area contributed by atoms with Crippen molar-refractivity contribution in [3.05, 3.63) is 50.4 Å². The molecular weight excluding hydrogens is 406 g/mol. The van der Waals surface area contributed by atoms with Crippen molar-refractivity contribution in [1.82, 2.24) is 9.55 Å². The number of imidazole rings is 1. The normalized spacial score (nSPS) is 13.6. The van der Waals surface area contributed by atoms with Crippen LogP contribution in [0.15, 0.2) is 39.3 Å². The molecule has 112 valence electrons. The summed E-state index contributed by atoms with van der Waals surface area (Å²) in [5.41, 5.74) is 6.08. The summed E-state index contributed by atoms with van der Waals surface area (Å²) in [6.45, 7) is 3.18. The van der Waals surface area contributed by atoms with E-state index in [0.29, 0.717) is 0 Å². The fourth-order valence-electron chi connectivity index (χ4n) is 3.17. The maximum absolute atomic E-state index is 4.86. The Morgan fingerprint density at radius 3 is 2.68 bits per heavy atom. The number of nitrogens with zero attached hydrogens (tertiary/aromatic N) is 2. The zero-order chi connectivity index (χ0) is 15.3. The first-order chi connectivity index (χ1) is 10.7. The van der Waals surface area contributed by atoms with Crippen molar-refractivity contribution in [2.24, 2.45) is 0 Å². The van der Waals surface area contributed by atoms with Crippen LogP contribution in [0.2, 0.25) is 0 Å². The summed E-state index contributed by atoms with van der Waals surface area (Å²) in [6.07, 6.45) is 2.27. The van der Waals surface area contributed by atoms with Crippen LogP contribution in [0, 0.1) is 6.92 Å². The Bertz CT molecular complexity index is 869. The molecule has 0 saturated heterocycles. The zero-order valence-corrected chi connectivity index (χ0v) is 15.3. The average molecular weight is 421 g/mol. The second kappa shape index (κ2) is 5.39. The Morgan fingerprint density at radius 2 is 1.91 bits per heavy atom. The Kier molecular flexibility index (Phi) is 3.50. The molecule has 1 N–H and O–H groups in total. The largest absolute Gasteiger partial charge is 0.326 e. The van der Waals surface area contributed by atoms with Gasteiger partial charge >= 0.3 is 0 Å². The lowest BCUT2D eigenvalue weighted by atomic mass is 9.99. The summed E-state index contributed by atoms with van der Waals surface area (Å²) in [7, 11) is 0. The number of para-hydroxylation sites is 1. The van der Waals surface area contributed by atoms with Gasteiger partial charge in [-0.05, 0) is 74.9 Å². The molecule has 0 saturated carbocycles. The molecule has 5 heteroatoms. The Labute approximate surface area is 146 Å². The Hall–Kier alpha value is -1.33. The quantitative estimate of drug-likeness (QED) is 0.588. The number of halogens is 2. The number of hydrogen-bond acceptors (Lipinski definition) is 2. The third-order valence-electron chi connectivity index (χ3n) is 4.27. The molecule has 1 aromatic heterocycles. The molecule has 2 aromatic carbocycles. The van der Waals surface area contributed by atoms with Gasteiger partial charge in [0, 0.05) is 16.7 Å². The first-order valence-corrected chi connectivity index (χ1v) is 8.94. The van der Waals surface area contributed by atoms with Gasteiger partial charge in [0.05, 0.1) is 9.99 Å². The maximum atomic E-state index is 4.86. The van der Waals surface area contributed by atoms with Crippen LogP contribution in [0.1, 0.15) is 17.5 Å². The summed E-state index contributed by atoms with van der Waals surface area (Å²) >= 11 is 7.40. The molecule has 0 aliphatic carbocycles. The fourth-order valence-corrected chi connectivity index (χ4v) is 4.17. The minimum Gasteiger partial charge on any atom is -0.326 e. The van der Waals surface area contributed by atoms with Gasteiger partial charge in [-0.15, -0.1) is 0 Å². The monoisotopic (exact) mass is 419 g/mol. The number of benzene rings is 2. The molecule has 2 heterocycles. The molecule has 22 heavy (non-hydrogen) atoms. The van der Waals surface area contributed by atoms with Crippen molar-refractivity contribution in [2.45, 2.75) is 26.3 Å². The summed E-state index contributed by atoms with van der Waals surface area (Å²) in [5.74, 6) is 0.917. The smallest absolute Gasteiger partial charge is 0.208 e. The highest BCUT2D eigenvalue weighted by Crippen LogP contribution is 2.41. The molecule has 0 atom stereocenters. The van der Waals surface area contributed by atoms with Crippen LogP contribution in [-0.2, 0) is 13.0 Å². The second-order valence-electron chi connectivity index (χ2n) is 5.61. The molecule has 0 amide bonds. The van der Waals surface area contributed by atoms with Crippen molar-refractivity contribution in [3.8, 4) is 0 Å². The lowest BCUT2D eigenvalue weighted by Crippen LogP contribution is -2.11. The van der Waals surface area contributed by atoms with E-state index < -0.39 is 0 Å². The molecule has 0 unspecified atom stereocenters. The fraction of sp³-hybridized carbons (Fsp3) is 0.235. The summed E-state index contributed by atoms with van der Waals surface area (Å²) in [4.78, 5) is 4.86. The predicted molar refractivity (Wildman–Crippen MR) is 97.9 cm³/mol. The summed E-state index contributed by atoms with van der Waals surface area (Å²) in [5, 5.41) is 3.46. The van der Waals surface area contributed by atoms with Crippen molar-refractivity contribution < 1.29 is 0 Å². The maximum Gasteiger partial charge on any atom is 0.208 e. The van der Waals surface area contributed by atoms with E-state index in [1.54, 1.807) is 0 Å². The van der Waals surface area contributed by atoms with Gasteiger partial charge in [0.2, 0.25) is 5.95 Å². The first-order valence-electron chi connectivity index (χ1n) is 7.35. The highest BCUT2D eigenvalue weighted by Gasteiger charge is 2.24. The van der Waals surface area contributed by atoms with Crippen molar-refractivity contribution in [1.29, 1.82) is 0 Å². The lowest BCUT2D eigenvalue weighted by molar-refractivity contribution is 0.636. The van der Waals surface area contributed by atoms with Crippen LogP contribution >= 0.6 is 31.9 Å². The third-order valence-corrected chi connectivity index (χ3v) is 6.57. The van der Waals surface area contributed by atoms with E-state index in [1.165, 1.54) is 16.6 Å². The van der Waals surface area contributed by atoms with E-state index in [0.717, 1.165) is 45.5 Å². The number of aromatic nitrogens is 2. The van der Waals surface area contributed by atoms with Gasteiger partial charge in [0.15, 0.2) is 0 Å². The molecule has 0 fully saturated rings. The van der Waals surface area contributed by atoms with E-state index in [2.05, 4.69) is 60.8 Å². The number of aryl methyl sites for hydroxylation is 2. The number of nitrogens with one attached hydrogen (secondary N) is 1. The average Bonchev–Trinajstić information content (AvgIpc) is 2.91. The van der Waals surface area contributed by atoms with E-state index in [-0.39, 0.29) is 0 Å². The van der Waals surface area contributed by atoms with Gasteiger partial charge in [0.25, 0.3) is 0 Å². The summed E-state index contributed by atoms with van der Waals surface area (Å²) < 4.78 is 4.47. The molecule has 1 aliphatic heterocycles. The zero-order valence-electron chi connectivity index (χ0n) is 12.2. The van der Waals surface area contributed by atoms with Crippen molar-refractivity contribution in [2.75, 3.05) is 5.32 Å². The molecule has 0 bridgehead atoms. The topological polar surface area (TPSA) is 29.9 Å². The van der Waals surface area contributed by atoms with E-state index >= 15 is 0 Å². The molecule has 1 aliphatic rings. The van der Waals surface area contributed by atoms with Crippen molar-refractivity contribution in [3.63, 3.8) is 0 Å². The molecule has 4 rings (SSSR count). The number of rotatable bonds is 2. The molecular formula is C17H15Br2N3. The molecule has 3 nitrogen and oxygen atoms in total. The lowest BCUT2D eigenvalue weighted by Gasteiger charge is -2.20. The van der Waals surface area contributed by atoms with E-state index in [1.807, 2.05) is 18.2 Å². The molecule has 0 spiro atoms. The van der Waals surface area contributed by atoms with E-state index in [9.17, 15) is 0 Å². The van der Waals surface area contributed by atoms with Gasteiger partial charge in [-0.2, -0.15) is 0 Å². The highest BCUT2D eigenvalue weighted by atomic mass is 79.9. The SMILES string of the molecule is Cc1c(Br)c(Br)c2nc(Nc3ccccc3)n3c2c1CCC3. The van der Waals surface area contributed by atoms with Gasteiger partial charge in [-0.1, -0.05) is 18.2 Å². The first kappa shape index (κ1) is 14.3. The van der Waals surface area contributed by atoms with E-state index in [4.69, 9.17) is 4.98 Å². The van der Waals surface area contributed by atoms with Crippen LogP contribution in [0.5, 0.6) is 0 Å². The second-order valence-corrected chi connectivity index (χ2v) is 7.20. The van der Waals surface area contributed by atoms with Gasteiger partial charge in [-0.3, -0.25) is 0 Å². The molecule has 3 aromatic rings. The van der Waals surface area contributed by atoms with Crippen LogP contribution in [-0.4, -0.2) is 9.55 Å². The standard InChI is InChI=1S/C17H15Br2N3/c1-10-12-8-5-9-22-16(12)15(14(19)13(10)18)21-17(22)20-11-6-3-2-4-7-11/h2-4,6-7H,5,8-9H2,1H3,(H,20,21). The van der Waals surface area contributed by atoms with Crippen LogP contribution in [0.3, 0.4) is 0 Å². The molecule has 0 radical (unpaired) electrons. The van der Waals surface area contributed by atoms with Crippen LogP contribution < -0.4 is 5.32 Å². The minimum atomic E-state index is 0.917. The van der Waals surface area contributed by atoms with Crippen molar-refractivity contribution >= 4 is 54.5 Å². The number of hydrogen-bond donors (Lipinski definition) is 1. The summed E-state index contributed by atoms with van der Waals surface area (Å²) in [6, 6.07) is 10.2. The predicted octanol–water partition coefficient (Wildman–Crippen LogP) is 5.56. The minimum absolute atomic E-state index is 0.917. The van der Waals surface area contributed by atoms with Crippen LogP contribution in [0.4, 0.5) is 11.6 Å². The van der Waals surface area contributed by atoms with Gasteiger partial charge in [0.1, 0.15) is 5.52 Å². The highest BCUT2D eigenvalue weighted by molar-refractivity contribution is 9.13. The third kappa shape index (κ3) is 2.10.